The number of hydrogen-bond donors (Lipinski definition) is 2. The molecule has 2 N–H and O–H groups in total. The van der Waals surface area contributed by atoms with E-state index in [4.69, 9.17) is 4.98 Å². The first-order chi connectivity index (χ1) is 10.3. The Kier molecular flexibility index (Phi) is 3.46. The molecule has 0 saturated heterocycles. The van der Waals surface area contributed by atoms with Gasteiger partial charge in [0.15, 0.2) is 5.52 Å². The lowest BCUT2D eigenvalue weighted by atomic mass is 9.88. The van der Waals surface area contributed by atoms with E-state index in [0.29, 0.717) is 11.5 Å². The van der Waals surface area contributed by atoms with Crippen molar-refractivity contribution in [3.05, 3.63) is 23.7 Å². The number of aryl methyl sites for hydroxylation is 1. The Morgan fingerprint density at radius 3 is 2.73 bits per heavy atom. The molecule has 1 atom stereocenters. The predicted octanol–water partition coefficient (Wildman–Crippen LogP) is 2.43. The highest BCUT2D eigenvalue weighted by atomic mass is 16.1. The summed E-state index contributed by atoms with van der Waals surface area (Å²) < 4.78 is 2.03. The van der Waals surface area contributed by atoms with Gasteiger partial charge in [-0.15, -0.1) is 0 Å². The van der Waals surface area contributed by atoms with Crippen LogP contribution in [0.15, 0.2) is 12.4 Å². The van der Waals surface area contributed by atoms with Crippen molar-refractivity contribution in [1.82, 2.24) is 15.3 Å². The van der Waals surface area contributed by atoms with Crippen LogP contribution in [0.25, 0.3) is 11.2 Å². The Morgan fingerprint density at radius 2 is 2.14 bits per heavy atom. The highest BCUT2D eigenvalue weighted by Crippen LogP contribution is 2.38. The maximum Gasteiger partial charge on any atom is 0.306 e. The van der Waals surface area contributed by atoms with E-state index in [0.717, 1.165) is 16.9 Å². The number of hydrogen-bond acceptors (Lipinski definition) is 2. The average Bonchev–Trinajstić information content (AvgIpc) is 3.17. The maximum atomic E-state index is 12.6. The van der Waals surface area contributed by atoms with Gasteiger partial charge in [0.25, 0.3) is 5.91 Å². The van der Waals surface area contributed by atoms with Gasteiger partial charge in [-0.1, -0.05) is 20.8 Å². The first-order valence-electron chi connectivity index (χ1n) is 7.96. The molecule has 1 aliphatic rings. The van der Waals surface area contributed by atoms with Crippen LogP contribution in [0, 0.1) is 5.41 Å². The number of fused-ring (bicyclic) bond motifs is 1. The summed E-state index contributed by atoms with van der Waals surface area (Å²) in [7, 11) is 1.99. The molecule has 118 valence electrons. The molecule has 5 nitrogen and oxygen atoms in total. The minimum atomic E-state index is -0.0610. The second kappa shape index (κ2) is 5.07. The van der Waals surface area contributed by atoms with E-state index in [9.17, 15) is 4.79 Å². The number of aromatic amines is 1. The highest BCUT2D eigenvalue weighted by molar-refractivity contribution is 6.04. The van der Waals surface area contributed by atoms with Crippen LogP contribution < -0.4 is 9.88 Å². The van der Waals surface area contributed by atoms with Crippen molar-refractivity contribution in [3.8, 4) is 0 Å². The minimum Gasteiger partial charge on any atom is -0.349 e. The van der Waals surface area contributed by atoms with Gasteiger partial charge >= 0.3 is 5.65 Å². The summed E-state index contributed by atoms with van der Waals surface area (Å²) >= 11 is 0. The summed E-state index contributed by atoms with van der Waals surface area (Å²) in [5, 5.41) is 3.09. The number of H-pyrrole nitrogens is 1. The largest absolute Gasteiger partial charge is 0.349 e. The first kappa shape index (κ1) is 15.0. The summed E-state index contributed by atoms with van der Waals surface area (Å²) in [4.78, 5) is 20.5. The van der Waals surface area contributed by atoms with Gasteiger partial charge in [-0.25, -0.2) is 14.5 Å². The molecule has 2 aromatic rings. The number of nitrogens with zero attached hydrogens (tertiary/aromatic N) is 2. The van der Waals surface area contributed by atoms with Gasteiger partial charge in [-0.3, -0.25) is 4.79 Å². The Balaban J connectivity index is 1.95. The van der Waals surface area contributed by atoms with Crippen LogP contribution >= 0.6 is 0 Å². The Labute approximate surface area is 131 Å². The van der Waals surface area contributed by atoms with Gasteiger partial charge in [0.1, 0.15) is 18.0 Å². The number of aromatic nitrogens is 3. The molecule has 1 fully saturated rings. The molecule has 0 radical (unpaired) electrons. The smallest absolute Gasteiger partial charge is 0.306 e. The van der Waals surface area contributed by atoms with Gasteiger partial charge in [-0.05, 0) is 25.2 Å². The second-order valence-electron chi connectivity index (χ2n) is 7.51. The summed E-state index contributed by atoms with van der Waals surface area (Å²) in [5.74, 6) is 0.504. The van der Waals surface area contributed by atoms with Crippen molar-refractivity contribution < 1.29 is 9.36 Å². The normalized spacial score (nSPS) is 16.8. The van der Waals surface area contributed by atoms with Crippen LogP contribution in [0.2, 0.25) is 0 Å². The van der Waals surface area contributed by atoms with Crippen molar-refractivity contribution in [1.29, 1.82) is 0 Å². The molecule has 1 aliphatic carbocycles. The van der Waals surface area contributed by atoms with E-state index in [1.165, 1.54) is 12.8 Å². The van der Waals surface area contributed by atoms with Gasteiger partial charge in [-0.2, -0.15) is 0 Å². The third-order valence-corrected chi connectivity index (χ3v) is 4.64. The molecular formula is C17H25N4O+. The fourth-order valence-corrected chi connectivity index (χ4v) is 2.45. The summed E-state index contributed by atoms with van der Waals surface area (Å²) in [6.45, 7) is 8.40. The Hall–Kier alpha value is -1.91. The van der Waals surface area contributed by atoms with Crippen LogP contribution in [0.3, 0.4) is 0 Å². The van der Waals surface area contributed by atoms with Gasteiger partial charge in [0.2, 0.25) is 0 Å². The summed E-state index contributed by atoms with van der Waals surface area (Å²) in [6.07, 6.45) is 6.23. The van der Waals surface area contributed by atoms with Crippen molar-refractivity contribution in [2.24, 2.45) is 12.5 Å². The number of nitrogens with one attached hydrogen (secondary N) is 2. The molecule has 5 heteroatoms. The van der Waals surface area contributed by atoms with Crippen LogP contribution in [0.1, 0.15) is 62.5 Å². The highest BCUT2D eigenvalue weighted by Gasteiger charge is 2.30. The zero-order valence-corrected chi connectivity index (χ0v) is 14.0. The molecule has 0 aliphatic heterocycles. The van der Waals surface area contributed by atoms with Crippen molar-refractivity contribution in [2.45, 2.75) is 52.5 Å². The van der Waals surface area contributed by atoms with Crippen molar-refractivity contribution in [2.75, 3.05) is 0 Å². The number of carbonyl (C=O) groups excluding carboxylic acids is 1. The number of amides is 1. The van der Waals surface area contributed by atoms with E-state index < -0.39 is 0 Å². The fraction of sp³-hybridized carbons (Fsp3) is 0.588. The van der Waals surface area contributed by atoms with E-state index in [1.54, 1.807) is 6.20 Å². The predicted molar refractivity (Wildman–Crippen MR) is 85.6 cm³/mol. The average molecular weight is 301 g/mol. The fourth-order valence-electron chi connectivity index (χ4n) is 2.45. The van der Waals surface area contributed by atoms with E-state index in [1.807, 2.05) is 18.5 Å². The third-order valence-electron chi connectivity index (χ3n) is 4.64. The van der Waals surface area contributed by atoms with E-state index >= 15 is 0 Å². The number of rotatable bonds is 3. The lowest BCUT2D eigenvalue weighted by molar-refractivity contribution is -0.647. The SMILES string of the molecule is CC(NC(=O)c1c[nH]c2c1nc(C1CC1)c[n+]2C)C(C)(C)C. The van der Waals surface area contributed by atoms with Gasteiger partial charge in [0.05, 0.1) is 12.7 Å². The van der Waals surface area contributed by atoms with Crippen LogP contribution in [-0.2, 0) is 7.05 Å². The molecule has 2 heterocycles. The molecular weight excluding hydrogens is 276 g/mol. The van der Waals surface area contributed by atoms with Crippen LogP contribution in [0.5, 0.6) is 0 Å². The van der Waals surface area contributed by atoms with Crippen LogP contribution in [0.4, 0.5) is 0 Å². The van der Waals surface area contributed by atoms with Crippen LogP contribution in [-0.4, -0.2) is 21.9 Å². The second-order valence-corrected chi connectivity index (χ2v) is 7.51. The molecule has 3 rings (SSSR count). The minimum absolute atomic E-state index is 0.0268. The summed E-state index contributed by atoms with van der Waals surface area (Å²) in [6, 6.07) is 0.0883. The quantitative estimate of drug-likeness (QED) is 0.855. The molecule has 0 bridgehead atoms. The zero-order valence-electron chi connectivity index (χ0n) is 14.0. The van der Waals surface area contributed by atoms with Crippen molar-refractivity contribution >= 4 is 17.1 Å². The van der Waals surface area contributed by atoms with Crippen molar-refractivity contribution in [3.63, 3.8) is 0 Å². The maximum absolute atomic E-state index is 12.6. The first-order valence-corrected chi connectivity index (χ1v) is 7.96. The Bertz CT molecular complexity index is 722. The lowest BCUT2D eigenvalue weighted by Crippen LogP contribution is -2.41. The molecule has 1 saturated carbocycles. The Morgan fingerprint density at radius 1 is 1.45 bits per heavy atom. The van der Waals surface area contributed by atoms with Gasteiger partial charge in [0, 0.05) is 12.0 Å². The molecule has 0 spiro atoms. The summed E-state index contributed by atoms with van der Waals surface area (Å²) in [5.41, 5.74) is 3.40. The zero-order chi connectivity index (χ0) is 16.1. The van der Waals surface area contributed by atoms with E-state index in [-0.39, 0.29) is 17.4 Å². The van der Waals surface area contributed by atoms with Gasteiger partial charge < -0.3 is 5.32 Å². The monoisotopic (exact) mass is 301 g/mol. The molecule has 0 aromatic carbocycles. The molecule has 1 amide bonds. The third kappa shape index (κ3) is 2.72. The standard InChI is InChI=1S/C17H24N4O/c1-10(17(2,3)4)19-16(22)12-8-18-15-14(12)20-13(9-21(15)5)11-6-7-11/h8-11H,6-7H2,1-5H3,(H,19,22)/p+1. The number of carbonyl (C=O) groups is 1. The molecule has 2 aromatic heterocycles. The topological polar surface area (TPSA) is 61.7 Å². The molecule has 1 unspecified atom stereocenters. The molecule has 22 heavy (non-hydrogen) atoms. The lowest BCUT2D eigenvalue weighted by Gasteiger charge is -2.27. The van der Waals surface area contributed by atoms with E-state index in [2.05, 4.69) is 37.3 Å².